The van der Waals surface area contributed by atoms with Crippen LogP contribution in [0.25, 0.3) is 0 Å². The molecule has 2 aromatic carbocycles. The van der Waals surface area contributed by atoms with E-state index in [2.05, 4.69) is 20.9 Å². The zero-order valence-electron chi connectivity index (χ0n) is 19.4. The average molecular weight is 554 g/mol. The molecule has 0 saturated heterocycles. The molecule has 2 heterocycles. The molecular formula is C24H20F5N5O3S. The van der Waals surface area contributed by atoms with E-state index in [-0.39, 0.29) is 5.57 Å². The lowest BCUT2D eigenvalue weighted by molar-refractivity contribution is -0.137. The molecule has 1 saturated carbocycles. The molecule has 1 atom stereocenters. The Kier molecular flexibility index (Phi) is 6.37. The van der Waals surface area contributed by atoms with E-state index in [1.54, 1.807) is 0 Å². The molecule has 0 amide bonds. The van der Waals surface area contributed by atoms with Gasteiger partial charge in [-0.3, -0.25) is 9.52 Å². The molecule has 3 aliphatic rings. The summed E-state index contributed by atoms with van der Waals surface area (Å²) in [5.41, 5.74) is -2.82. The fourth-order valence-electron chi connectivity index (χ4n) is 4.03. The van der Waals surface area contributed by atoms with Gasteiger partial charge in [-0.2, -0.15) is 13.2 Å². The molecule has 1 unspecified atom stereocenters. The molecule has 8 nitrogen and oxygen atoms in total. The summed E-state index contributed by atoms with van der Waals surface area (Å²) < 4.78 is 96.6. The maximum Gasteiger partial charge on any atom is 0.416 e. The Morgan fingerprint density at radius 2 is 1.89 bits per heavy atom. The van der Waals surface area contributed by atoms with Crippen molar-refractivity contribution >= 4 is 27.8 Å². The average Bonchev–Trinajstić information content (AvgIpc) is 3.60. The van der Waals surface area contributed by atoms with Gasteiger partial charge in [0.15, 0.2) is 5.82 Å². The first kappa shape index (κ1) is 25.7. The van der Waals surface area contributed by atoms with E-state index in [1.165, 1.54) is 12.5 Å². The Morgan fingerprint density at radius 3 is 2.61 bits per heavy atom. The fourth-order valence-corrected chi connectivity index (χ4v) is 5.14. The molecule has 0 aromatic heterocycles. The van der Waals surface area contributed by atoms with Crippen molar-refractivity contribution in [2.75, 3.05) is 11.3 Å². The summed E-state index contributed by atoms with van der Waals surface area (Å²) in [6.07, 6.45) is -0.678. The predicted molar refractivity (Wildman–Crippen MR) is 127 cm³/mol. The molecule has 2 aromatic rings. The molecule has 200 valence electrons. The number of fused-ring (bicyclic) bond motifs is 1. The van der Waals surface area contributed by atoms with Crippen molar-refractivity contribution in [1.82, 2.24) is 16.0 Å². The smallest absolute Gasteiger partial charge is 0.371 e. The summed E-state index contributed by atoms with van der Waals surface area (Å²) in [7, 11) is -4.73. The summed E-state index contributed by atoms with van der Waals surface area (Å²) >= 11 is 0. The molecule has 1 fully saturated rings. The third-order valence-corrected chi connectivity index (χ3v) is 7.56. The Labute approximate surface area is 213 Å². The Bertz CT molecular complexity index is 1510. The number of alkyl halides is 3. The number of carbonyl (C=O) groups excluding carboxylic acids is 1. The highest BCUT2D eigenvalue weighted by Crippen LogP contribution is 2.34. The van der Waals surface area contributed by atoms with Crippen LogP contribution in [0.4, 0.5) is 27.6 Å². The normalized spacial score (nSPS) is 18.9. The topological polar surface area (TPSA) is 112 Å². The zero-order valence-corrected chi connectivity index (χ0v) is 20.2. The van der Waals surface area contributed by atoms with Gasteiger partial charge in [0, 0.05) is 23.9 Å². The molecule has 0 radical (unpaired) electrons. The number of rotatable bonds is 8. The number of aliphatic imine (C=N–C) groups is 1. The quantitative estimate of drug-likeness (QED) is 0.294. The number of hydrogen-bond donors (Lipinski definition) is 4. The molecule has 38 heavy (non-hydrogen) atoms. The van der Waals surface area contributed by atoms with Crippen molar-refractivity contribution < 1.29 is 35.2 Å². The Balaban J connectivity index is 1.46. The van der Waals surface area contributed by atoms with Gasteiger partial charge in [-0.05, 0) is 49.1 Å². The molecule has 1 aliphatic carbocycles. The van der Waals surface area contributed by atoms with Crippen LogP contribution < -0.4 is 20.7 Å². The van der Waals surface area contributed by atoms with Gasteiger partial charge in [-0.15, -0.1) is 0 Å². The van der Waals surface area contributed by atoms with Crippen molar-refractivity contribution in [2.45, 2.75) is 30.1 Å². The van der Waals surface area contributed by atoms with Crippen LogP contribution in [0.2, 0.25) is 0 Å². The number of sulfonamides is 1. The second-order valence-electron chi connectivity index (χ2n) is 8.91. The highest BCUT2D eigenvalue weighted by Gasteiger charge is 2.36. The van der Waals surface area contributed by atoms with Crippen LogP contribution in [-0.4, -0.2) is 33.3 Å². The highest BCUT2D eigenvalue weighted by molar-refractivity contribution is 7.92. The largest absolute Gasteiger partial charge is 0.416 e. The fraction of sp³-hybridized carbons (Fsp3) is 0.250. The van der Waals surface area contributed by atoms with Gasteiger partial charge in [0.2, 0.25) is 5.78 Å². The summed E-state index contributed by atoms with van der Waals surface area (Å²) in [6, 6.07) is 4.26. The van der Waals surface area contributed by atoms with Crippen molar-refractivity contribution in [2.24, 2.45) is 10.9 Å². The first-order valence-corrected chi connectivity index (χ1v) is 12.9. The third kappa shape index (κ3) is 4.95. The van der Waals surface area contributed by atoms with Gasteiger partial charge in [0.25, 0.3) is 10.0 Å². The van der Waals surface area contributed by atoms with E-state index in [9.17, 15) is 30.8 Å². The number of nitrogens with one attached hydrogen (secondary N) is 4. The minimum Gasteiger partial charge on any atom is -0.371 e. The SMILES string of the molecule is O=C(C1=CNC2N=CNC(NCC3CC3)=C12)c1c(F)ccc(NS(=O)(=O)c2cccc(C(F)(F)F)c2)c1F. The second-order valence-corrected chi connectivity index (χ2v) is 10.6. The number of hydrogen-bond acceptors (Lipinski definition) is 7. The maximum atomic E-state index is 15.4. The van der Waals surface area contributed by atoms with Crippen LogP contribution in [-0.2, 0) is 16.2 Å². The molecule has 0 bridgehead atoms. The number of anilines is 1. The number of carbonyl (C=O) groups is 1. The van der Waals surface area contributed by atoms with Gasteiger partial charge in [-0.1, -0.05) is 6.07 Å². The summed E-state index contributed by atoms with van der Waals surface area (Å²) in [6.45, 7) is 0.628. The lowest BCUT2D eigenvalue weighted by Gasteiger charge is -2.22. The highest BCUT2D eigenvalue weighted by atomic mass is 32.2. The van der Waals surface area contributed by atoms with Gasteiger partial charge in [-0.25, -0.2) is 22.2 Å². The van der Waals surface area contributed by atoms with Crippen molar-refractivity contribution in [3.63, 3.8) is 0 Å². The molecule has 14 heteroatoms. The molecule has 5 rings (SSSR count). The lowest BCUT2D eigenvalue weighted by Crippen LogP contribution is -2.37. The molecule has 4 N–H and O–H groups in total. The van der Waals surface area contributed by atoms with Crippen LogP contribution in [0.15, 0.2) is 69.5 Å². The van der Waals surface area contributed by atoms with E-state index in [0.29, 0.717) is 42.1 Å². The standard InChI is InChI=1S/C24H20F5N5O3S/c25-16-6-7-17(34-38(36,37)14-3-1-2-13(8-14)24(27,28)29)20(26)19(16)21(35)15-10-31-23-18(15)22(32-11-33-23)30-9-12-4-5-12/h1-3,6-8,10-12,23,30-31,34H,4-5,9H2,(H,32,33). The van der Waals surface area contributed by atoms with Gasteiger partial charge in [0.1, 0.15) is 17.8 Å². The maximum absolute atomic E-state index is 15.4. The number of halogens is 5. The zero-order chi connectivity index (χ0) is 27.2. The van der Waals surface area contributed by atoms with Crippen LogP contribution in [0.3, 0.4) is 0 Å². The Hall–Kier alpha value is -3.94. The van der Waals surface area contributed by atoms with E-state index in [1.807, 2.05) is 4.72 Å². The molecular weight excluding hydrogens is 533 g/mol. The minimum absolute atomic E-state index is 0.0895. The minimum atomic E-state index is -4.81. The van der Waals surface area contributed by atoms with Crippen molar-refractivity contribution in [1.29, 1.82) is 0 Å². The number of benzene rings is 2. The van der Waals surface area contributed by atoms with Crippen LogP contribution in [0, 0.1) is 17.6 Å². The second kappa shape index (κ2) is 9.42. The van der Waals surface area contributed by atoms with Gasteiger partial charge < -0.3 is 16.0 Å². The summed E-state index contributed by atoms with van der Waals surface area (Å²) in [4.78, 5) is 16.7. The van der Waals surface area contributed by atoms with Crippen molar-refractivity contribution in [3.05, 3.63) is 82.3 Å². The van der Waals surface area contributed by atoms with Gasteiger partial charge >= 0.3 is 6.18 Å². The number of ketones is 1. The molecule has 2 aliphatic heterocycles. The summed E-state index contributed by atoms with van der Waals surface area (Å²) in [5, 5.41) is 8.94. The predicted octanol–water partition coefficient (Wildman–Crippen LogP) is 3.62. The van der Waals surface area contributed by atoms with Crippen molar-refractivity contribution in [3.8, 4) is 0 Å². The van der Waals surface area contributed by atoms with E-state index in [0.717, 1.165) is 31.0 Å². The van der Waals surface area contributed by atoms with Gasteiger partial charge in [0.05, 0.1) is 28.0 Å². The lowest BCUT2D eigenvalue weighted by atomic mass is 9.96. The number of Topliss-reactive ketones (excluding diaryl/α,β-unsaturated/α-hetero) is 1. The summed E-state index contributed by atoms with van der Waals surface area (Å²) in [5.74, 6) is -2.91. The number of nitrogens with zero attached hydrogens (tertiary/aromatic N) is 1. The van der Waals surface area contributed by atoms with E-state index in [4.69, 9.17) is 0 Å². The van der Waals surface area contributed by atoms with Crippen LogP contribution in [0.1, 0.15) is 28.8 Å². The van der Waals surface area contributed by atoms with Crippen LogP contribution in [0.5, 0.6) is 0 Å². The first-order valence-electron chi connectivity index (χ1n) is 11.4. The Morgan fingerprint density at radius 1 is 1.13 bits per heavy atom. The first-order chi connectivity index (χ1) is 18.0. The monoisotopic (exact) mass is 553 g/mol. The van der Waals surface area contributed by atoms with Crippen LogP contribution >= 0.6 is 0 Å². The molecule has 0 spiro atoms. The van der Waals surface area contributed by atoms with E-state index < -0.39 is 61.5 Å². The van der Waals surface area contributed by atoms with E-state index >= 15 is 4.39 Å². The third-order valence-electron chi connectivity index (χ3n) is 6.19.